The highest BCUT2D eigenvalue weighted by Gasteiger charge is 2.08. The molecule has 0 aliphatic heterocycles. The number of carbonyl (C=O) groups excluding carboxylic acids is 1. The summed E-state index contributed by atoms with van der Waals surface area (Å²) in [6.07, 6.45) is 1.40. The van der Waals surface area contributed by atoms with Crippen LogP contribution in [0.25, 0.3) is 0 Å². The number of carbonyl (C=O) groups is 1. The molecule has 0 spiro atoms. The van der Waals surface area contributed by atoms with Crippen molar-refractivity contribution in [2.75, 3.05) is 5.32 Å². The van der Waals surface area contributed by atoms with Gasteiger partial charge in [0.1, 0.15) is 12.4 Å². The summed E-state index contributed by atoms with van der Waals surface area (Å²) in [5.74, 6) is 0.340. The zero-order chi connectivity index (χ0) is 15.4. The van der Waals surface area contributed by atoms with Gasteiger partial charge >= 0.3 is 0 Å². The van der Waals surface area contributed by atoms with Gasteiger partial charge in [0.15, 0.2) is 0 Å². The SMILES string of the molecule is Cc1cccc(NC(=O)Cn2cnc(C(C)C)cc2=O)n1. The summed E-state index contributed by atoms with van der Waals surface area (Å²) in [6, 6.07) is 6.81. The predicted molar refractivity (Wildman–Crippen MR) is 80.2 cm³/mol. The maximum absolute atomic E-state index is 11.9. The van der Waals surface area contributed by atoms with E-state index in [0.717, 1.165) is 11.4 Å². The number of nitrogens with zero attached hydrogens (tertiary/aromatic N) is 3. The van der Waals surface area contributed by atoms with E-state index in [9.17, 15) is 9.59 Å². The van der Waals surface area contributed by atoms with Crippen LogP contribution in [-0.2, 0) is 11.3 Å². The van der Waals surface area contributed by atoms with Gasteiger partial charge in [-0.2, -0.15) is 0 Å². The Labute approximate surface area is 122 Å². The van der Waals surface area contributed by atoms with Crippen molar-refractivity contribution in [3.63, 3.8) is 0 Å². The molecule has 0 fully saturated rings. The van der Waals surface area contributed by atoms with Gasteiger partial charge in [-0.25, -0.2) is 9.97 Å². The molecular formula is C15H18N4O2. The number of hydrogen-bond acceptors (Lipinski definition) is 4. The fraction of sp³-hybridized carbons (Fsp3) is 0.333. The third-order valence-corrected chi connectivity index (χ3v) is 2.96. The Bertz CT molecular complexity index is 707. The standard InChI is InChI=1S/C15H18N4O2/c1-10(2)12-7-15(21)19(9-16-12)8-14(20)18-13-6-4-5-11(3)17-13/h4-7,9-10H,8H2,1-3H3,(H,17,18,20). The quantitative estimate of drug-likeness (QED) is 0.928. The molecule has 6 heteroatoms. The summed E-state index contributed by atoms with van der Waals surface area (Å²) in [4.78, 5) is 32.2. The van der Waals surface area contributed by atoms with Crippen molar-refractivity contribution in [3.8, 4) is 0 Å². The molecular weight excluding hydrogens is 268 g/mol. The van der Waals surface area contributed by atoms with E-state index in [4.69, 9.17) is 0 Å². The molecule has 0 aromatic carbocycles. The van der Waals surface area contributed by atoms with Crippen LogP contribution in [0.3, 0.4) is 0 Å². The number of amides is 1. The number of aryl methyl sites for hydroxylation is 1. The molecule has 0 aliphatic rings. The van der Waals surface area contributed by atoms with Gasteiger partial charge in [0, 0.05) is 11.8 Å². The Morgan fingerprint density at radius 3 is 2.76 bits per heavy atom. The van der Waals surface area contributed by atoms with E-state index in [1.54, 1.807) is 6.07 Å². The number of hydrogen-bond donors (Lipinski definition) is 1. The highest BCUT2D eigenvalue weighted by atomic mass is 16.2. The summed E-state index contributed by atoms with van der Waals surface area (Å²) < 4.78 is 1.27. The molecule has 6 nitrogen and oxygen atoms in total. The smallest absolute Gasteiger partial charge is 0.254 e. The van der Waals surface area contributed by atoms with Gasteiger partial charge in [-0.15, -0.1) is 0 Å². The third kappa shape index (κ3) is 3.98. The first kappa shape index (κ1) is 14.9. The van der Waals surface area contributed by atoms with Gasteiger partial charge in [0.05, 0.1) is 12.0 Å². The molecule has 0 saturated heterocycles. The van der Waals surface area contributed by atoms with E-state index in [0.29, 0.717) is 5.82 Å². The first-order valence-corrected chi connectivity index (χ1v) is 6.75. The summed E-state index contributed by atoms with van der Waals surface area (Å²) >= 11 is 0. The van der Waals surface area contributed by atoms with Crippen molar-refractivity contribution in [3.05, 3.63) is 52.3 Å². The zero-order valence-electron chi connectivity index (χ0n) is 12.3. The Balaban J connectivity index is 2.08. The Kier molecular flexibility index (Phi) is 4.47. The topological polar surface area (TPSA) is 76.9 Å². The lowest BCUT2D eigenvalue weighted by atomic mass is 10.1. The van der Waals surface area contributed by atoms with E-state index >= 15 is 0 Å². The van der Waals surface area contributed by atoms with Crippen molar-refractivity contribution in [1.82, 2.24) is 14.5 Å². The zero-order valence-corrected chi connectivity index (χ0v) is 12.3. The number of nitrogens with one attached hydrogen (secondary N) is 1. The minimum atomic E-state index is -0.311. The van der Waals surface area contributed by atoms with Crippen LogP contribution in [0.4, 0.5) is 5.82 Å². The molecule has 110 valence electrons. The van der Waals surface area contributed by atoms with Gasteiger partial charge in [0.25, 0.3) is 5.56 Å². The second kappa shape index (κ2) is 6.30. The number of aromatic nitrogens is 3. The fourth-order valence-corrected chi connectivity index (χ4v) is 1.82. The molecule has 1 amide bonds. The van der Waals surface area contributed by atoms with Gasteiger partial charge in [-0.1, -0.05) is 19.9 Å². The van der Waals surface area contributed by atoms with E-state index in [2.05, 4.69) is 15.3 Å². The van der Waals surface area contributed by atoms with Crippen LogP contribution < -0.4 is 10.9 Å². The van der Waals surface area contributed by atoms with Crippen LogP contribution in [0.15, 0.2) is 35.4 Å². The third-order valence-electron chi connectivity index (χ3n) is 2.96. The van der Waals surface area contributed by atoms with Gasteiger partial charge in [-0.3, -0.25) is 14.2 Å². The highest BCUT2D eigenvalue weighted by molar-refractivity contribution is 5.89. The average molecular weight is 286 g/mol. The summed E-state index contributed by atoms with van der Waals surface area (Å²) in [5.41, 5.74) is 1.30. The Hall–Kier alpha value is -2.50. The Morgan fingerprint density at radius 2 is 2.14 bits per heavy atom. The molecule has 0 radical (unpaired) electrons. The summed E-state index contributed by atoms with van der Waals surface area (Å²) in [6.45, 7) is 5.68. The lowest BCUT2D eigenvalue weighted by Crippen LogP contribution is -2.28. The predicted octanol–water partition coefficient (Wildman–Crippen LogP) is 1.71. The van der Waals surface area contributed by atoms with E-state index in [1.165, 1.54) is 17.0 Å². The molecule has 21 heavy (non-hydrogen) atoms. The van der Waals surface area contributed by atoms with Crippen LogP contribution in [0.2, 0.25) is 0 Å². The van der Waals surface area contributed by atoms with Crippen molar-refractivity contribution in [1.29, 1.82) is 0 Å². The lowest BCUT2D eigenvalue weighted by molar-refractivity contribution is -0.116. The van der Waals surface area contributed by atoms with Gasteiger partial charge in [-0.05, 0) is 25.0 Å². The molecule has 2 rings (SSSR count). The largest absolute Gasteiger partial charge is 0.309 e. The highest BCUT2D eigenvalue weighted by Crippen LogP contribution is 2.07. The van der Waals surface area contributed by atoms with Gasteiger partial charge in [0.2, 0.25) is 5.91 Å². The number of pyridine rings is 1. The normalized spacial score (nSPS) is 10.7. The van der Waals surface area contributed by atoms with E-state index in [-0.39, 0.29) is 23.9 Å². The lowest BCUT2D eigenvalue weighted by Gasteiger charge is -2.08. The van der Waals surface area contributed by atoms with Crippen LogP contribution in [0, 0.1) is 6.92 Å². The monoisotopic (exact) mass is 286 g/mol. The first-order chi connectivity index (χ1) is 9.95. The van der Waals surface area contributed by atoms with Crippen molar-refractivity contribution in [2.24, 2.45) is 0 Å². The molecule has 1 N–H and O–H groups in total. The van der Waals surface area contributed by atoms with E-state index < -0.39 is 0 Å². The Morgan fingerprint density at radius 1 is 1.38 bits per heavy atom. The number of anilines is 1. The van der Waals surface area contributed by atoms with Crippen LogP contribution in [-0.4, -0.2) is 20.4 Å². The summed E-state index contributed by atoms with van der Waals surface area (Å²) in [7, 11) is 0. The second-order valence-corrected chi connectivity index (χ2v) is 5.15. The molecule has 0 aliphatic carbocycles. The van der Waals surface area contributed by atoms with Gasteiger partial charge < -0.3 is 5.32 Å². The minimum Gasteiger partial charge on any atom is -0.309 e. The maximum Gasteiger partial charge on any atom is 0.254 e. The number of rotatable bonds is 4. The van der Waals surface area contributed by atoms with E-state index in [1.807, 2.05) is 32.9 Å². The molecule has 2 aromatic heterocycles. The average Bonchev–Trinajstić information content (AvgIpc) is 2.40. The summed E-state index contributed by atoms with van der Waals surface area (Å²) in [5, 5.41) is 2.66. The van der Waals surface area contributed by atoms with Crippen molar-refractivity contribution >= 4 is 11.7 Å². The second-order valence-electron chi connectivity index (χ2n) is 5.15. The molecule has 0 saturated carbocycles. The van der Waals surface area contributed by atoms with Crippen LogP contribution in [0.5, 0.6) is 0 Å². The minimum absolute atomic E-state index is 0.0835. The molecule has 0 bridgehead atoms. The van der Waals surface area contributed by atoms with Crippen LogP contribution in [0.1, 0.15) is 31.2 Å². The maximum atomic E-state index is 11.9. The van der Waals surface area contributed by atoms with Crippen LogP contribution >= 0.6 is 0 Å². The molecule has 0 unspecified atom stereocenters. The van der Waals surface area contributed by atoms with Crippen molar-refractivity contribution in [2.45, 2.75) is 33.2 Å². The first-order valence-electron chi connectivity index (χ1n) is 6.75. The molecule has 0 atom stereocenters. The van der Waals surface area contributed by atoms with Crippen molar-refractivity contribution < 1.29 is 4.79 Å². The fourth-order valence-electron chi connectivity index (χ4n) is 1.82. The molecule has 2 heterocycles. The molecule has 2 aromatic rings.